The molecule has 1 unspecified atom stereocenters. The molecule has 154 valence electrons. The first-order valence-corrected chi connectivity index (χ1v) is 9.14. The van der Waals surface area contributed by atoms with Gasteiger partial charge in [-0.3, -0.25) is 14.2 Å². The van der Waals surface area contributed by atoms with Gasteiger partial charge < -0.3 is 5.32 Å². The minimum absolute atomic E-state index is 0.0394. The van der Waals surface area contributed by atoms with Gasteiger partial charge in [-0.2, -0.15) is 23.4 Å². The molecule has 1 atom stereocenters. The fraction of sp³-hybridized carbons (Fsp3) is 0.350. The van der Waals surface area contributed by atoms with Crippen molar-refractivity contribution in [1.29, 1.82) is 0 Å². The number of alkyl halides is 3. The highest BCUT2D eigenvalue weighted by Gasteiger charge is 2.34. The Bertz CT molecular complexity index is 1010. The smallest absolute Gasteiger partial charge is 0.309 e. The summed E-state index contributed by atoms with van der Waals surface area (Å²) in [5.74, 6) is -0.533. The van der Waals surface area contributed by atoms with Crippen LogP contribution in [0.3, 0.4) is 0 Å². The number of aromatic nitrogens is 4. The first-order chi connectivity index (χ1) is 13.6. The van der Waals surface area contributed by atoms with Crippen molar-refractivity contribution < 1.29 is 18.0 Å². The first kappa shape index (κ1) is 20.6. The van der Waals surface area contributed by atoms with Gasteiger partial charge in [0.15, 0.2) is 11.5 Å². The van der Waals surface area contributed by atoms with E-state index in [-0.39, 0.29) is 12.5 Å². The fourth-order valence-corrected chi connectivity index (χ4v) is 2.90. The maximum atomic E-state index is 12.8. The standard InChI is InChI=1S/C20H22F3N5O/c1-13-6-4-5-7-16(13)12-27-9-8-18(26-27)24-19(29)14(2)11-28-15(3)10-17(25-28)20(21,22)23/h4-10,14H,11-12H2,1-3H3,(H,24,26,29). The largest absolute Gasteiger partial charge is 0.435 e. The number of hydrogen-bond donors (Lipinski definition) is 1. The normalized spacial score (nSPS) is 12.8. The van der Waals surface area contributed by atoms with E-state index in [1.165, 1.54) is 11.6 Å². The molecule has 2 heterocycles. The molecule has 3 aromatic rings. The summed E-state index contributed by atoms with van der Waals surface area (Å²) in [6.45, 7) is 5.79. The van der Waals surface area contributed by atoms with Gasteiger partial charge in [0.25, 0.3) is 0 Å². The van der Waals surface area contributed by atoms with Crippen molar-refractivity contribution in [3.63, 3.8) is 0 Å². The van der Waals surface area contributed by atoms with Crippen molar-refractivity contribution in [2.45, 2.75) is 40.0 Å². The van der Waals surface area contributed by atoms with E-state index in [9.17, 15) is 18.0 Å². The number of hydrogen-bond acceptors (Lipinski definition) is 3. The Hall–Kier alpha value is -3.10. The Morgan fingerprint density at radius 1 is 1.17 bits per heavy atom. The SMILES string of the molecule is Cc1ccccc1Cn1ccc(NC(=O)C(C)Cn2nc(C(F)(F)F)cc2C)n1. The highest BCUT2D eigenvalue weighted by atomic mass is 19.4. The maximum Gasteiger partial charge on any atom is 0.435 e. The molecule has 0 aliphatic rings. The number of amides is 1. The molecule has 0 spiro atoms. The molecular formula is C20H22F3N5O. The Balaban J connectivity index is 1.61. The average molecular weight is 405 g/mol. The molecule has 0 fully saturated rings. The van der Waals surface area contributed by atoms with Crippen molar-refractivity contribution in [2.75, 3.05) is 5.32 Å². The van der Waals surface area contributed by atoms with Crippen LogP contribution in [0.15, 0.2) is 42.6 Å². The summed E-state index contributed by atoms with van der Waals surface area (Å²) >= 11 is 0. The molecule has 0 aliphatic carbocycles. The van der Waals surface area contributed by atoms with Crippen LogP contribution in [0, 0.1) is 19.8 Å². The van der Waals surface area contributed by atoms with Crippen LogP contribution in [0.25, 0.3) is 0 Å². The molecule has 0 saturated heterocycles. The summed E-state index contributed by atoms with van der Waals surface area (Å²) in [5.41, 5.74) is 1.66. The third-order valence-corrected chi connectivity index (χ3v) is 4.65. The van der Waals surface area contributed by atoms with Crippen molar-refractivity contribution in [3.05, 3.63) is 65.1 Å². The minimum atomic E-state index is -4.51. The Kier molecular flexibility index (Phi) is 5.76. The second-order valence-electron chi connectivity index (χ2n) is 7.07. The van der Waals surface area contributed by atoms with Crippen LogP contribution in [-0.2, 0) is 24.1 Å². The van der Waals surface area contributed by atoms with E-state index in [1.54, 1.807) is 23.9 Å². The lowest BCUT2D eigenvalue weighted by molar-refractivity contribution is -0.141. The number of carbonyl (C=O) groups is 1. The van der Waals surface area contributed by atoms with Crippen molar-refractivity contribution >= 4 is 11.7 Å². The van der Waals surface area contributed by atoms with E-state index in [0.717, 1.165) is 17.2 Å². The zero-order valence-corrected chi connectivity index (χ0v) is 16.4. The Labute approximate surface area is 166 Å². The van der Waals surface area contributed by atoms with Crippen LogP contribution >= 0.6 is 0 Å². The van der Waals surface area contributed by atoms with Gasteiger partial charge in [0.2, 0.25) is 5.91 Å². The molecule has 6 nitrogen and oxygen atoms in total. The molecule has 1 N–H and O–H groups in total. The van der Waals surface area contributed by atoms with E-state index in [0.29, 0.717) is 18.1 Å². The quantitative estimate of drug-likeness (QED) is 0.673. The van der Waals surface area contributed by atoms with Gasteiger partial charge in [0, 0.05) is 18.0 Å². The van der Waals surface area contributed by atoms with Crippen LogP contribution in [0.4, 0.5) is 19.0 Å². The van der Waals surface area contributed by atoms with Crippen molar-refractivity contribution in [1.82, 2.24) is 19.6 Å². The number of nitrogens with zero attached hydrogens (tertiary/aromatic N) is 4. The van der Waals surface area contributed by atoms with E-state index < -0.39 is 17.8 Å². The lowest BCUT2D eigenvalue weighted by Crippen LogP contribution is -2.25. The summed E-state index contributed by atoms with van der Waals surface area (Å²) in [5, 5.41) is 10.6. The second kappa shape index (κ2) is 8.10. The minimum Gasteiger partial charge on any atom is -0.309 e. The summed E-state index contributed by atoms with van der Waals surface area (Å²) < 4.78 is 41.3. The van der Waals surface area contributed by atoms with E-state index in [2.05, 4.69) is 15.5 Å². The van der Waals surface area contributed by atoms with Gasteiger partial charge in [-0.15, -0.1) is 0 Å². The topological polar surface area (TPSA) is 64.7 Å². The second-order valence-corrected chi connectivity index (χ2v) is 7.07. The molecule has 0 aliphatic heterocycles. The summed E-state index contributed by atoms with van der Waals surface area (Å²) in [6, 6.07) is 10.6. The lowest BCUT2D eigenvalue weighted by Gasteiger charge is -2.12. The van der Waals surface area contributed by atoms with E-state index >= 15 is 0 Å². The van der Waals surface area contributed by atoms with E-state index in [1.807, 2.05) is 31.2 Å². The van der Waals surface area contributed by atoms with Crippen LogP contribution in [0.5, 0.6) is 0 Å². The predicted octanol–water partition coefficient (Wildman–Crippen LogP) is 4.04. The highest BCUT2D eigenvalue weighted by molar-refractivity contribution is 5.91. The molecule has 1 amide bonds. The number of rotatable bonds is 6. The lowest BCUT2D eigenvalue weighted by atomic mass is 10.1. The van der Waals surface area contributed by atoms with Crippen molar-refractivity contribution in [2.24, 2.45) is 5.92 Å². The zero-order chi connectivity index (χ0) is 21.2. The number of aryl methyl sites for hydroxylation is 2. The number of nitrogens with one attached hydrogen (secondary N) is 1. The number of benzene rings is 1. The average Bonchev–Trinajstić information content (AvgIpc) is 3.23. The van der Waals surface area contributed by atoms with Gasteiger partial charge in [0.05, 0.1) is 19.0 Å². The summed E-state index contributed by atoms with van der Waals surface area (Å²) in [4.78, 5) is 12.4. The number of halogens is 3. The van der Waals surface area contributed by atoms with Gasteiger partial charge in [-0.25, -0.2) is 0 Å². The van der Waals surface area contributed by atoms with Crippen LogP contribution in [0.2, 0.25) is 0 Å². The molecule has 2 aromatic heterocycles. The first-order valence-electron chi connectivity index (χ1n) is 9.14. The molecule has 0 saturated carbocycles. The molecule has 0 bridgehead atoms. The fourth-order valence-electron chi connectivity index (χ4n) is 2.90. The molecule has 3 rings (SSSR count). The predicted molar refractivity (Wildman–Crippen MR) is 102 cm³/mol. The summed E-state index contributed by atoms with van der Waals surface area (Å²) in [6.07, 6.45) is -2.74. The molecule has 29 heavy (non-hydrogen) atoms. The molecule has 0 radical (unpaired) electrons. The van der Waals surface area contributed by atoms with Gasteiger partial charge in [0.1, 0.15) is 0 Å². The van der Waals surface area contributed by atoms with Gasteiger partial charge in [-0.1, -0.05) is 31.2 Å². The summed E-state index contributed by atoms with van der Waals surface area (Å²) in [7, 11) is 0. The maximum absolute atomic E-state index is 12.8. The van der Waals surface area contributed by atoms with Crippen LogP contribution in [0.1, 0.15) is 29.4 Å². The highest BCUT2D eigenvalue weighted by Crippen LogP contribution is 2.28. The van der Waals surface area contributed by atoms with Gasteiger partial charge in [-0.05, 0) is 31.0 Å². The number of carbonyl (C=O) groups excluding carboxylic acids is 1. The molecule has 9 heteroatoms. The van der Waals surface area contributed by atoms with Crippen molar-refractivity contribution in [3.8, 4) is 0 Å². The molecule has 1 aromatic carbocycles. The van der Waals surface area contributed by atoms with Crippen LogP contribution in [-0.4, -0.2) is 25.5 Å². The zero-order valence-electron chi connectivity index (χ0n) is 16.4. The Morgan fingerprint density at radius 3 is 2.55 bits per heavy atom. The third-order valence-electron chi connectivity index (χ3n) is 4.65. The van der Waals surface area contributed by atoms with Gasteiger partial charge >= 0.3 is 6.18 Å². The monoisotopic (exact) mass is 405 g/mol. The van der Waals surface area contributed by atoms with E-state index in [4.69, 9.17) is 0 Å². The Morgan fingerprint density at radius 2 is 1.90 bits per heavy atom. The van der Waals surface area contributed by atoms with Crippen LogP contribution < -0.4 is 5.32 Å². The molecular weight excluding hydrogens is 383 g/mol. The number of anilines is 1. The third kappa shape index (κ3) is 5.04.